The van der Waals surface area contributed by atoms with E-state index in [1.807, 2.05) is 95.2 Å². The Morgan fingerprint density at radius 3 is 1.24 bits per heavy atom. The first kappa shape index (κ1) is 53.3. The highest BCUT2D eigenvalue weighted by atomic mass is 35.5. The van der Waals surface area contributed by atoms with Crippen molar-refractivity contribution in [1.82, 2.24) is 31.1 Å². The van der Waals surface area contributed by atoms with Gasteiger partial charge in [-0.25, -0.2) is 19.2 Å². The zero-order chi connectivity index (χ0) is 50.9. The number of rotatable bonds is 8. The number of halogens is 2. The Bertz CT molecular complexity index is 2190. The molecule has 4 aliphatic rings. The predicted octanol–water partition coefficient (Wildman–Crippen LogP) is 6.80. The van der Waals surface area contributed by atoms with Gasteiger partial charge in [0.15, 0.2) is 11.2 Å². The highest BCUT2D eigenvalue weighted by Gasteiger charge is 2.57. The molecule has 0 bridgehead atoms. The van der Waals surface area contributed by atoms with E-state index in [1.165, 1.54) is 9.80 Å². The Hall–Kier alpha value is -5.62. The summed E-state index contributed by atoms with van der Waals surface area (Å²) in [5.41, 5.74) is -1.35. The molecule has 372 valence electrons. The lowest BCUT2D eigenvalue weighted by atomic mass is 9.85. The van der Waals surface area contributed by atoms with Gasteiger partial charge in [0.25, 0.3) is 0 Å². The Labute approximate surface area is 407 Å². The van der Waals surface area contributed by atoms with E-state index in [2.05, 4.69) is 31.6 Å². The largest absolute Gasteiger partial charge is 0.480 e. The van der Waals surface area contributed by atoms with Crippen molar-refractivity contribution in [3.05, 3.63) is 69.7 Å². The number of hydrogen-bond donors (Lipinski definition) is 6. The van der Waals surface area contributed by atoms with E-state index in [9.17, 15) is 39.0 Å². The first-order valence-corrected chi connectivity index (χ1v) is 23.2. The minimum absolute atomic E-state index is 0.0471. The summed E-state index contributed by atoms with van der Waals surface area (Å²) in [6.07, 6.45) is 0.872. The number of urea groups is 2. The van der Waals surface area contributed by atoms with Gasteiger partial charge in [0.1, 0.15) is 24.2 Å². The molecule has 4 aliphatic heterocycles. The van der Waals surface area contributed by atoms with Crippen molar-refractivity contribution >= 4 is 70.4 Å². The van der Waals surface area contributed by atoms with E-state index in [0.29, 0.717) is 34.3 Å². The fraction of sp³-hybridized carbons (Fsp3) is 0.583. The minimum Gasteiger partial charge on any atom is -0.480 e. The second-order valence-corrected chi connectivity index (χ2v) is 23.2. The summed E-state index contributed by atoms with van der Waals surface area (Å²) >= 11 is 12.2. The van der Waals surface area contributed by atoms with Crippen LogP contribution in [0.25, 0.3) is 0 Å². The van der Waals surface area contributed by atoms with Crippen LogP contribution in [0.3, 0.4) is 0 Å². The third-order valence-corrected chi connectivity index (χ3v) is 12.2. The molecular weight excluding hydrogens is 919 g/mol. The van der Waals surface area contributed by atoms with Crippen LogP contribution in [0, 0.1) is 10.8 Å². The molecule has 68 heavy (non-hydrogen) atoms. The van der Waals surface area contributed by atoms with Crippen LogP contribution in [-0.2, 0) is 28.9 Å². The fourth-order valence-corrected chi connectivity index (χ4v) is 8.90. The van der Waals surface area contributed by atoms with Crippen molar-refractivity contribution in [3.8, 4) is 0 Å². The van der Waals surface area contributed by atoms with Gasteiger partial charge in [-0.15, -0.1) is 0 Å². The molecule has 18 nitrogen and oxygen atoms in total. The molecular formula is C48H66Cl2N8O10. The number of amides is 6. The number of carbonyl (C=O) groups excluding carboxylic acids is 4. The lowest BCUT2D eigenvalue weighted by Crippen LogP contribution is -2.60. The molecule has 4 heterocycles. The van der Waals surface area contributed by atoms with E-state index in [1.54, 1.807) is 36.4 Å². The highest BCUT2D eigenvalue weighted by molar-refractivity contribution is 6.31. The molecule has 2 spiro atoms. The molecule has 2 aromatic carbocycles. The number of aliphatic carboxylic acids is 2. The lowest BCUT2D eigenvalue weighted by molar-refractivity contribution is -0.150. The molecule has 6 amide bonds. The van der Waals surface area contributed by atoms with Gasteiger partial charge in [0.2, 0.25) is 11.8 Å². The Morgan fingerprint density at radius 1 is 0.618 bits per heavy atom. The second kappa shape index (κ2) is 19.8. The van der Waals surface area contributed by atoms with Crippen LogP contribution in [0.15, 0.2) is 58.8 Å². The Morgan fingerprint density at radius 2 is 0.956 bits per heavy atom. The van der Waals surface area contributed by atoms with Crippen molar-refractivity contribution in [3.63, 3.8) is 0 Å². The molecule has 2 fully saturated rings. The Balaban J connectivity index is 0.000000254. The van der Waals surface area contributed by atoms with E-state index >= 15 is 0 Å². The van der Waals surface area contributed by atoms with Crippen molar-refractivity contribution in [2.45, 2.75) is 155 Å². The van der Waals surface area contributed by atoms with Crippen LogP contribution < -0.4 is 21.3 Å². The first-order chi connectivity index (χ1) is 31.2. The van der Waals surface area contributed by atoms with E-state index < -0.39 is 93.1 Å². The van der Waals surface area contributed by atoms with Crippen molar-refractivity contribution in [2.24, 2.45) is 21.1 Å². The molecule has 0 radical (unpaired) electrons. The zero-order valence-corrected chi connectivity index (χ0v) is 42.4. The molecule has 0 aliphatic carbocycles. The van der Waals surface area contributed by atoms with Gasteiger partial charge in [0.05, 0.1) is 24.5 Å². The minimum atomic E-state index is -1.13. The standard InChI is InChI=1S/2C24H33ClN4O5/c2*1-22(2,3)18(26-21(33)27-23(4,5)6)19(30)29-13-24(12-17(29)20(31)32)11-16(28-34-24)14-8-7-9-15(25)10-14/h2*7-10,17-18H,11-13H2,1-6H3,(H,31,32)(H2,26,27,33)/t2*17-,18+,24+/m00/s1. The fourth-order valence-electron chi connectivity index (χ4n) is 8.52. The smallest absolute Gasteiger partial charge is 0.326 e. The number of oxime groups is 2. The van der Waals surface area contributed by atoms with Gasteiger partial charge in [0, 0.05) is 57.9 Å². The number of benzene rings is 2. The summed E-state index contributed by atoms with van der Waals surface area (Å²) in [6, 6.07) is 9.28. The maximum absolute atomic E-state index is 13.7. The zero-order valence-electron chi connectivity index (χ0n) is 40.9. The van der Waals surface area contributed by atoms with Crippen LogP contribution >= 0.6 is 23.2 Å². The van der Waals surface area contributed by atoms with E-state index in [-0.39, 0.29) is 25.9 Å². The lowest BCUT2D eigenvalue weighted by Gasteiger charge is -2.35. The summed E-state index contributed by atoms with van der Waals surface area (Å²) in [6.45, 7) is 22.0. The summed E-state index contributed by atoms with van der Waals surface area (Å²) in [7, 11) is 0. The number of carboxylic acid groups (broad SMARTS) is 2. The van der Waals surface area contributed by atoms with Gasteiger partial charge < -0.3 is 51.0 Å². The van der Waals surface area contributed by atoms with E-state index in [4.69, 9.17) is 32.9 Å². The average Bonchev–Trinajstić information content (AvgIpc) is 3.99. The van der Waals surface area contributed by atoms with Gasteiger partial charge in [-0.3, -0.25) is 9.59 Å². The van der Waals surface area contributed by atoms with Crippen LogP contribution in [0.1, 0.15) is 120 Å². The second-order valence-electron chi connectivity index (χ2n) is 22.3. The predicted molar refractivity (Wildman–Crippen MR) is 258 cm³/mol. The van der Waals surface area contributed by atoms with E-state index in [0.717, 1.165) is 11.1 Å². The summed E-state index contributed by atoms with van der Waals surface area (Å²) in [5, 5.41) is 40.4. The molecule has 2 saturated heterocycles. The van der Waals surface area contributed by atoms with Gasteiger partial charge in [-0.05, 0) is 76.6 Å². The normalized spacial score (nSPS) is 23.3. The summed E-state index contributed by atoms with van der Waals surface area (Å²) in [5.74, 6) is -3.20. The molecule has 20 heteroatoms. The number of nitrogens with zero attached hydrogens (tertiary/aromatic N) is 4. The highest BCUT2D eigenvalue weighted by Crippen LogP contribution is 2.42. The maximum atomic E-state index is 13.7. The molecule has 0 saturated carbocycles. The molecule has 0 unspecified atom stereocenters. The molecule has 6 N–H and O–H groups in total. The van der Waals surface area contributed by atoms with Crippen molar-refractivity contribution in [1.29, 1.82) is 0 Å². The van der Waals surface area contributed by atoms with Crippen LogP contribution in [0.4, 0.5) is 9.59 Å². The number of hydrogen-bond acceptors (Lipinski definition) is 10. The van der Waals surface area contributed by atoms with Crippen molar-refractivity contribution < 1.29 is 48.7 Å². The third-order valence-electron chi connectivity index (χ3n) is 11.7. The first-order valence-electron chi connectivity index (χ1n) is 22.5. The topological polar surface area (TPSA) is 241 Å². The SMILES string of the molecule is CC(C)(C)NC(=O)N[C@H](C(=O)N1C[C@@]2(CC(c3cccc(Cl)c3)=NO2)C[C@H]1C(=O)O)C(C)(C)C.CC(C)(C)NC(=O)N[C@H](C(=O)N1C[C@@]2(CC(c3cccc(Cl)c3)=NO2)C[C@H]1C(=O)O)C(C)(C)C. The maximum Gasteiger partial charge on any atom is 0.326 e. The van der Waals surface area contributed by atoms with Gasteiger partial charge in [-0.2, -0.15) is 0 Å². The van der Waals surface area contributed by atoms with Crippen LogP contribution in [0.2, 0.25) is 10.0 Å². The van der Waals surface area contributed by atoms with Gasteiger partial charge in [-0.1, -0.05) is 99.3 Å². The average molecular weight is 986 g/mol. The van der Waals surface area contributed by atoms with Crippen molar-refractivity contribution in [2.75, 3.05) is 13.1 Å². The Kier molecular flexibility index (Phi) is 15.5. The number of likely N-dealkylation sites (tertiary alicyclic amines) is 2. The number of carboxylic acids is 2. The number of nitrogens with one attached hydrogen (secondary N) is 4. The number of carbonyl (C=O) groups is 6. The molecule has 6 atom stereocenters. The van der Waals surface area contributed by atoms with Crippen LogP contribution in [-0.4, -0.2) is 127 Å². The molecule has 2 aromatic rings. The summed E-state index contributed by atoms with van der Waals surface area (Å²) in [4.78, 5) is 90.8. The van der Waals surface area contributed by atoms with Gasteiger partial charge >= 0.3 is 24.0 Å². The third kappa shape index (κ3) is 13.3. The molecule has 0 aromatic heterocycles. The summed E-state index contributed by atoms with van der Waals surface area (Å²) < 4.78 is 0. The quantitative estimate of drug-likeness (QED) is 0.162. The monoisotopic (exact) mass is 984 g/mol. The molecule has 6 rings (SSSR count). The van der Waals surface area contributed by atoms with Crippen LogP contribution in [0.5, 0.6) is 0 Å².